The summed E-state index contributed by atoms with van der Waals surface area (Å²) in [5.74, 6) is 0.386. The first-order chi connectivity index (χ1) is 10.7. The van der Waals surface area contributed by atoms with Crippen molar-refractivity contribution in [3.63, 3.8) is 0 Å². The molecule has 2 heterocycles. The number of anilines is 1. The third-order valence-electron chi connectivity index (χ3n) is 3.32. The molecule has 0 spiro atoms. The molecule has 0 fully saturated rings. The van der Waals surface area contributed by atoms with Gasteiger partial charge in [0, 0.05) is 24.5 Å². The molecule has 3 rings (SSSR count). The lowest BCUT2D eigenvalue weighted by Gasteiger charge is -2.18. The maximum Gasteiger partial charge on any atom is 0.262 e. The fourth-order valence-corrected chi connectivity index (χ4v) is 2.21. The lowest BCUT2D eigenvalue weighted by Crippen LogP contribution is -2.26. The summed E-state index contributed by atoms with van der Waals surface area (Å²) in [7, 11) is 0. The second-order valence-electron chi connectivity index (χ2n) is 4.91. The zero-order valence-electron chi connectivity index (χ0n) is 12.2. The lowest BCUT2D eigenvalue weighted by molar-refractivity contribution is -0.118. The van der Waals surface area contributed by atoms with E-state index in [1.165, 1.54) is 0 Å². The van der Waals surface area contributed by atoms with Crippen LogP contribution in [-0.2, 0) is 11.2 Å². The molecule has 0 atom stereocenters. The van der Waals surface area contributed by atoms with Crippen LogP contribution in [0, 0.1) is 0 Å². The van der Waals surface area contributed by atoms with Crippen molar-refractivity contribution in [1.82, 2.24) is 10.3 Å². The van der Waals surface area contributed by atoms with Crippen LogP contribution in [0.15, 0.2) is 42.7 Å². The van der Waals surface area contributed by atoms with Gasteiger partial charge in [-0.1, -0.05) is 6.07 Å². The number of nitrogens with one attached hydrogen (secondary N) is 2. The van der Waals surface area contributed by atoms with Crippen molar-refractivity contribution in [2.24, 2.45) is 0 Å². The van der Waals surface area contributed by atoms with Crippen LogP contribution in [0.5, 0.6) is 5.75 Å². The molecule has 2 amide bonds. The summed E-state index contributed by atoms with van der Waals surface area (Å²) in [6.07, 6.45) is 3.84. The molecule has 1 aromatic carbocycles. The average molecular weight is 334 g/mol. The van der Waals surface area contributed by atoms with Crippen molar-refractivity contribution in [1.29, 1.82) is 0 Å². The summed E-state index contributed by atoms with van der Waals surface area (Å²) in [6.45, 7) is 0.559. The van der Waals surface area contributed by atoms with Gasteiger partial charge in [0.05, 0.1) is 5.69 Å². The minimum absolute atomic E-state index is 0. The molecule has 7 heteroatoms. The molecule has 1 aliphatic heterocycles. The van der Waals surface area contributed by atoms with Gasteiger partial charge in [0.25, 0.3) is 11.8 Å². The molecule has 0 unspecified atom stereocenters. The molecule has 0 bridgehead atoms. The van der Waals surface area contributed by atoms with E-state index in [4.69, 9.17) is 4.74 Å². The summed E-state index contributed by atoms with van der Waals surface area (Å²) in [5, 5.41) is 5.62. The van der Waals surface area contributed by atoms with Crippen LogP contribution in [0.3, 0.4) is 0 Å². The van der Waals surface area contributed by atoms with Crippen molar-refractivity contribution in [3.8, 4) is 5.75 Å². The molecule has 0 radical (unpaired) electrons. The number of fused-ring (bicyclic) bond motifs is 1. The topological polar surface area (TPSA) is 80.3 Å². The summed E-state index contributed by atoms with van der Waals surface area (Å²) in [6, 6.07) is 8.96. The molecule has 120 valence electrons. The van der Waals surface area contributed by atoms with E-state index in [1.54, 1.807) is 24.5 Å². The summed E-state index contributed by atoms with van der Waals surface area (Å²) in [5.41, 5.74) is 2.27. The Bertz CT molecular complexity index is 707. The van der Waals surface area contributed by atoms with Crippen molar-refractivity contribution in [2.45, 2.75) is 6.42 Å². The second-order valence-corrected chi connectivity index (χ2v) is 4.91. The Morgan fingerprint density at radius 3 is 2.83 bits per heavy atom. The molecular weight excluding hydrogens is 318 g/mol. The third-order valence-corrected chi connectivity index (χ3v) is 3.32. The van der Waals surface area contributed by atoms with Crippen LogP contribution in [0.2, 0.25) is 0 Å². The van der Waals surface area contributed by atoms with Gasteiger partial charge >= 0.3 is 0 Å². The SMILES string of the molecule is Cl.O=C1COc2ccc(CCNC(=O)c3ccncc3)cc2N1. The molecule has 6 nitrogen and oxygen atoms in total. The van der Waals surface area contributed by atoms with Crippen LogP contribution >= 0.6 is 12.4 Å². The van der Waals surface area contributed by atoms with Crippen LogP contribution in [-0.4, -0.2) is 29.9 Å². The molecule has 2 aromatic rings. The van der Waals surface area contributed by atoms with Gasteiger partial charge in [-0.05, 0) is 36.2 Å². The first-order valence-electron chi connectivity index (χ1n) is 6.96. The zero-order valence-corrected chi connectivity index (χ0v) is 13.1. The zero-order chi connectivity index (χ0) is 15.4. The van der Waals surface area contributed by atoms with Crippen LogP contribution in [0.4, 0.5) is 5.69 Å². The van der Waals surface area contributed by atoms with Gasteiger partial charge in [0.1, 0.15) is 5.75 Å². The number of aromatic nitrogens is 1. The molecule has 0 saturated carbocycles. The summed E-state index contributed by atoms with van der Waals surface area (Å²) in [4.78, 5) is 27.1. The Morgan fingerprint density at radius 2 is 2.04 bits per heavy atom. The van der Waals surface area contributed by atoms with Gasteiger partial charge in [-0.25, -0.2) is 0 Å². The number of pyridine rings is 1. The Hall–Kier alpha value is -2.60. The Morgan fingerprint density at radius 1 is 1.26 bits per heavy atom. The molecule has 1 aliphatic rings. The molecule has 1 aromatic heterocycles. The van der Waals surface area contributed by atoms with Crippen molar-refractivity contribution in [2.75, 3.05) is 18.5 Å². The van der Waals surface area contributed by atoms with E-state index >= 15 is 0 Å². The molecule has 0 aliphatic carbocycles. The Kier molecular flexibility index (Phi) is 5.54. The predicted molar refractivity (Wildman–Crippen MR) is 88.1 cm³/mol. The fraction of sp³-hybridized carbons (Fsp3) is 0.188. The van der Waals surface area contributed by atoms with E-state index in [-0.39, 0.29) is 30.8 Å². The minimum Gasteiger partial charge on any atom is -0.482 e. The molecular formula is C16H16ClN3O3. The normalized spacial score (nSPS) is 12.3. The van der Waals surface area contributed by atoms with E-state index in [9.17, 15) is 9.59 Å². The number of benzene rings is 1. The number of halogens is 1. The fourth-order valence-electron chi connectivity index (χ4n) is 2.21. The van der Waals surface area contributed by atoms with E-state index in [1.807, 2.05) is 18.2 Å². The number of carbonyl (C=O) groups excluding carboxylic acids is 2. The molecule has 2 N–H and O–H groups in total. The third kappa shape index (κ3) is 4.20. The highest BCUT2D eigenvalue weighted by Gasteiger charge is 2.15. The van der Waals surface area contributed by atoms with Gasteiger partial charge in [0.2, 0.25) is 0 Å². The van der Waals surface area contributed by atoms with Crippen molar-refractivity contribution < 1.29 is 14.3 Å². The Balaban J connectivity index is 0.00000192. The van der Waals surface area contributed by atoms with Gasteiger partial charge < -0.3 is 15.4 Å². The minimum atomic E-state index is -0.157. The monoisotopic (exact) mass is 333 g/mol. The van der Waals surface area contributed by atoms with Gasteiger partial charge in [-0.2, -0.15) is 0 Å². The number of rotatable bonds is 4. The summed E-state index contributed by atoms with van der Waals surface area (Å²) >= 11 is 0. The quantitative estimate of drug-likeness (QED) is 0.894. The first-order valence-corrected chi connectivity index (χ1v) is 6.96. The van der Waals surface area contributed by atoms with E-state index < -0.39 is 0 Å². The van der Waals surface area contributed by atoms with Crippen LogP contribution in [0.1, 0.15) is 15.9 Å². The van der Waals surface area contributed by atoms with Gasteiger partial charge in [0.15, 0.2) is 6.61 Å². The van der Waals surface area contributed by atoms with Gasteiger partial charge in [-0.15, -0.1) is 12.4 Å². The number of nitrogens with zero attached hydrogens (tertiary/aromatic N) is 1. The summed E-state index contributed by atoms with van der Waals surface area (Å²) < 4.78 is 5.30. The lowest BCUT2D eigenvalue weighted by atomic mass is 10.1. The van der Waals surface area contributed by atoms with Crippen LogP contribution in [0.25, 0.3) is 0 Å². The smallest absolute Gasteiger partial charge is 0.262 e. The molecule has 0 saturated heterocycles. The highest BCUT2D eigenvalue weighted by atomic mass is 35.5. The maximum absolute atomic E-state index is 11.9. The van der Waals surface area contributed by atoms with E-state index in [0.29, 0.717) is 30.0 Å². The average Bonchev–Trinajstić information content (AvgIpc) is 2.55. The first kappa shape index (κ1) is 16.8. The number of hydrogen-bond acceptors (Lipinski definition) is 4. The highest BCUT2D eigenvalue weighted by molar-refractivity contribution is 5.95. The molecule has 23 heavy (non-hydrogen) atoms. The van der Waals surface area contributed by atoms with E-state index in [0.717, 1.165) is 5.56 Å². The number of carbonyl (C=O) groups is 2. The van der Waals surface area contributed by atoms with E-state index in [2.05, 4.69) is 15.6 Å². The second kappa shape index (κ2) is 7.60. The van der Waals surface area contributed by atoms with Crippen molar-refractivity contribution >= 4 is 29.9 Å². The number of amides is 2. The number of hydrogen-bond donors (Lipinski definition) is 2. The Labute approximate surface area is 139 Å². The van der Waals surface area contributed by atoms with Crippen LogP contribution < -0.4 is 15.4 Å². The maximum atomic E-state index is 11.9. The standard InChI is InChI=1S/C16H15N3O3.ClH/c20-15-10-22-14-2-1-11(9-13(14)19-15)3-8-18-16(21)12-4-6-17-7-5-12;/h1-2,4-7,9H,3,8,10H2,(H,18,21)(H,19,20);1H. The largest absolute Gasteiger partial charge is 0.482 e. The predicted octanol–water partition coefficient (Wildman–Crippen LogP) is 1.81. The highest BCUT2D eigenvalue weighted by Crippen LogP contribution is 2.28. The number of ether oxygens (including phenoxy) is 1. The van der Waals surface area contributed by atoms with Crippen molar-refractivity contribution in [3.05, 3.63) is 53.9 Å². The van der Waals surface area contributed by atoms with Gasteiger partial charge in [-0.3, -0.25) is 14.6 Å².